The molecule has 0 aliphatic carbocycles. The van der Waals surface area contributed by atoms with Crippen LogP contribution >= 0.6 is 0 Å². The molecule has 68 valence electrons. The van der Waals surface area contributed by atoms with Crippen molar-refractivity contribution in [1.82, 2.24) is 10.8 Å². The van der Waals surface area contributed by atoms with E-state index in [1.54, 1.807) is 0 Å². The first-order chi connectivity index (χ1) is 5.35. The number of hydroxylamine groups is 1. The molecule has 0 aromatic heterocycles. The summed E-state index contributed by atoms with van der Waals surface area (Å²) in [5.41, 5.74) is 7.54. The van der Waals surface area contributed by atoms with E-state index in [9.17, 15) is 0 Å². The quantitative estimate of drug-likeness (QED) is 0.305. The summed E-state index contributed by atoms with van der Waals surface area (Å²) in [7, 11) is 1.94. The molecule has 4 heteroatoms. The Balaban J connectivity index is 3.07. The van der Waals surface area contributed by atoms with Crippen molar-refractivity contribution >= 4 is 0 Å². The summed E-state index contributed by atoms with van der Waals surface area (Å²) in [5.74, 6) is 0. The number of nitrogens with two attached hydrogens (primary N) is 1. The van der Waals surface area contributed by atoms with Gasteiger partial charge in [0.1, 0.15) is 0 Å². The van der Waals surface area contributed by atoms with Gasteiger partial charge in [-0.05, 0) is 26.4 Å². The summed E-state index contributed by atoms with van der Waals surface area (Å²) in [4.78, 5) is 0. The molecule has 1 atom stereocenters. The molecule has 0 aromatic rings. The standard InChI is InChI=1S/C7H19N3O/c1-9-5-3-2-4-7(6-8)10-11/h7,9-11H,2-6,8H2,1H3/t7-/m0/s1. The zero-order valence-electron chi connectivity index (χ0n) is 7.14. The maximum absolute atomic E-state index is 8.54. The van der Waals surface area contributed by atoms with Gasteiger partial charge in [-0.15, -0.1) is 0 Å². The summed E-state index contributed by atoms with van der Waals surface area (Å²) >= 11 is 0. The Bertz CT molecular complexity index is 76.1. The van der Waals surface area contributed by atoms with Crippen LogP contribution in [0.15, 0.2) is 0 Å². The molecule has 0 bridgehead atoms. The van der Waals surface area contributed by atoms with Crippen molar-refractivity contribution in [3.63, 3.8) is 0 Å². The summed E-state index contributed by atoms with van der Waals surface area (Å²) in [5, 5.41) is 11.6. The molecule has 0 aromatic carbocycles. The summed E-state index contributed by atoms with van der Waals surface area (Å²) in [6.07, 6.45) is 3.17. The van der Waals surface area contributed by atoms with Crippen LogP contribution in [0, 0.1) is 0 Å². The number of hydrogen-bond acceptors (Lipinski definition) is 4. The van der Waals surface area contributed by atoms with E-state index in [1.807, 2.05) is 7.05 Å². The molecule has 0 aliphatic heterocycles. The highest BCUT2D eigenvalue weighted by atomic mass is 16.5. The van der Waals surface area contributed by atoms with Gasteiger partial charge in [0.2, 0.25) is 0 Å². The molecular weight excluding hydrogens is 142 g/mol. The van der Waals surface area contributed by atoms with Gasteiger partial charge in [0.05, 0.1) is 0 Å². The molecule has 0 unspecified atom stereocenters. The van der Waals surface area contributed by atoms with Gasteiger partial charge in [-0.1, -0.05) is 6.42 Å². The summed E-state index contributed by atoms with van der Waals surface area (Å²) in [6.45, 7) is 1.53. The largest absolute Gasteiger partial charge is 0.329 e. The molecular formula is C7H19N3O. The second-order valence-corrected chi connectivity index (χ2v) is 2.66. The second kappa shape index (κ2) is 7.94. The number of hydrogen-bond donors (Lipinski definition) is 4. The van der Waals surface area contributed by atoms with E-state index in [0.29, 0.717) is 6.54 Å². The van der Waals surface area contributed by atoms with Crippen LogP contribution in [-0.2, 0) is 0 Å². The Hall–Kier alpha value is -0.160. The minimum atomic E-state index is 0.0619. The van der Waals surface area contributed by atoms with Gasteiger partial charge < -0.3 is 16.3 Å². The average molecular weight is 161 g/mol. The topological polar surface area (TPSA) is 70.3 Å². The fraction of sp³-hybridized carbons (Fsp3) is 1.00. The van der Waals surface area contributed by atoms with E-state index in [-0.39, 0.29) is 6.04 Å². The van der Waals surface area contributed by atoms with E-state index < -0.39 is 0 Å². The molecule has 0 rings (SSSR count). The van der Waals surface area contributed by atoms with Gasteiger partial charge in [-0.25, -0.2) is 5.48 Å². The van der Waals surface area contributed by atoms with Gasteiger partial charge in [-0.3, -0.25) is 0 Å². The number of rotatable bonds is 7. The smallest absolute Gasteiger partial charge is 0.0442 e. The van der Waals surface area contributed by atoms with Gasteiger partial charge in [0.15, 0.2) is 0 Å². The van der Waals surface area contributed by atoms with Crippen molar-refractivity contribution in [3.05, 3.63) is 0 Å². The fourth-order valence-corrected chi connectivity index (χ4v) is 0.928. The highest BCUT2D eigenvalue weighted by molar-refractivity contribution is 4.62. The van der Waals surface area contributed by atoms with Crippen molar-refractivity contribution in [3.8, 4) is 0 Å². The minimum absolute atomic E-state index is 0.0619. The van der Waals surface area contributed by atoms with Crippen LogP contribution in [0.1, 0.15) is 19.3 Å². The fourth-order valence-electron chi connectivity index (χ4n) is 0.928. The monoisotopic (exact) mass is 161 g/mol. The summed E-state index contributed by atoms with van der Waals surface area (Å²) < 4.78 is 0. The van der Waals surface area contributed by atoms with Crippen molar-refractivity contribution in [2.45, 2.75) is 25.3 Å². The van der Waals surface area contributed by atoms with Crippen LogP contribution in [-0.4, -0.2) is 31.4 Å². The highest BCUT2D eigenvalue weighted by Crippen LogP contribution is 1.97. The van der Waals surface area contributed by atoms with Crippen LogP contribution in [0.3, 0.4) is 0 Å². The molecule has 0 aliphatic rings. The average Bonchev–Trinajstić information content (AvgIpc) is 2.05. The van der Waals surface area contributed by atoms with Gasteiger partial charge >= 0.3 is 0 Å². The minimum Gasteiger partial charge on any atom is -0.329 e. The summed E-state index contributed by atoms with van der Waals surface area (Å²) in [6, 6.07) is 0.0619. The third-order valence-electron chi connectivity index (χ3n) is 1.70. The van der Waals surface area contributed by atoms with Crippen LogP contribution < -0.4 is 16.5 Å². The molecule has 4 nitrogen and oxygen atoms in total. The lowest BCUT2D eigenvalue weighted by molar-refractivity contribution is 0.123. The van der Waals surface area contributed by atoms with Gasteiger partial charge in [0, 0.05) is 12.6 Å². The predicted octanol–water partition coefficient (Wildman–Crippen LogP) is -0.318. The molecule has 0 heterocycles. The lowest BCUT2D eigenvalue weighted by Crippen LogP contribution is -2.33. The molecule has 0 radical (unpaired) electrons. The van der Waals surface area contributed by atoms with E-state index in [4.69, 9.17) is 10.9 Å². The van der Waals surface area contributed by atoms with Crippen molar-refractivity contribution in [2.24, 2.45) is 5.73 Å². The number of nitrogens with one attached hydrogen (secondary N) is 2. The van der Waals surface area contributed by atoms with Crippen molar-refractivity contribution in [2.75, 3.05) is 20.1 Å². The second-order valence-electron chi connectivity index (χ2n) is 2.66. The van der Waals surface area contributed by atoms with E-state index in [1.165, 1.54) is 0 Å². The van der Waals surface area contributed by atoms with E-state index in [2.05, 4.69) is 10.8 Å². The van der Waals surface area contributed by atoms with Gasteiger partial charge in [-0.2, -0.15) is 0 Å². The van der Waals surface area contributed by atoms with Crippen LogP contribution in [0.4, 0.5) is 0 Å². The molecule has 0 amide bonds. The Labute approximate surface area is 68.1 Å². The molecule has 5 N–H and O–H groups in total. The first-order valence-corrected chi connectivity index (χ1v) is 4.09. The first-order valence-electron chi connectivity index (χ1n) is 4.09. The Morgan fingerprint density at radius 1 is 1.45 bits per heavy atom. The van der Waals surface area contributed by atoms with Crippen LogP contribution in [0.5, 0.6) is 0 Å². The van der Waals surface area contributed by atoms with Crippen LogP contribution in [0.25, 0.3) is 0 Å². The molecule has 0 saturated carbocycles. The Morgan fingerprint density at radius 2 is 2.18 bits per heavy atom. The lowest BCUT2D eigenvalue weighted by atomic mass is 10.1. The van der Waals surface area contributed by atoms with Crippen molar-refractivity contribution < 1.29 is 5.21 Å². The highest BCUT2D eigenvalue weighted by Gasteiger charge is 2.02. The van der Waals surface area contributed by atoms with Crippen LogP contribution in [0.2, 0.25) is 0 Å². The third-order valence-corrected chi connectivity index (χ3v) is 1.70. The molecule has 0 fully saturated rings. The van der Waals surface area contributed by atoms with E-state index >= 15 is 0 Å². The molecule has 11 heavy (non-hydrogen) atoms. The lowest BCUT2D eigenvalue weighted by Gasteiger charge is -2.11. The first kappa shape index (κ1) is 10.8. The predicted molar refractivity (Wildman–Crippen MR) is 45.5 cm³/mol. The zero-order chi connectivity index (χ0) is 8.53. The zero-order valence-corrected chi connectivity index (χ0v) is 7.14. The van der Waals surface area contributed by atoms with Gasteiger partial charge in [0.25, 0.3) is 0 Å². The Morgan fingerprint density at radius 3 is 2.64 bits per heavy atom. The number of unbranched alkanes of at least 4 members (excludes halogenated alkanes) is 1. The van der Waals surface area contributed by atoms with Crippen molar-refractivity contribution in [1.29, 1.82) is 0 Å². The maximum Gasteiger partial charge on any atom is 0.0442 e. The normalized spacial score (nSPS) is 13.4. The molecule has 0 spiro atoms. The Kier molecular flexibility index (Phi) is 7.83. The SMILES string of the molecule is CNCCCC[C@@H](CN)NO. The van der Waals surface area contributed by atoms with E-state index in [0.717, 1.165) is 25.8 Å². The molecule has 0 saturated heterocycles. The maximum atomic E-state index is 8.54. The third kappa shape index (κ3) is 6.25.